The van der Waals surface area contributed by atoms with E-state index in [0.29, 0.717) is 22.9 Å². The van der Waals surface area contributed by atoms with Crippen molar-refractivity contribution in [3.8, 4) is 17.6 Å². The van der Waals surface area contributed by atoms with Crippen LogP contribution in [0.2, 0.25) is 0 Å². The van der Waals surface area contributed by atoms with E-state index in [1.54, 1.807) is 31.4 Å². The van der Waals surface area contributed by atoms with Crippen molar-refractivity contribution in [3.63, 3.8) is 0 Å². The van der Waals surface area contributed by atoms with E-state index in [4.69, 9.17) is 9.47 Å². The minimum Gasteiger partial charge on any atom is -0.493 e. The van der Waals surface area contributed by atoms with Crippen LogP contribution in [0.15, 0.2) is 60.7 Å². The Bertz CT molecular complexity index is 1370. The fourth-order valence-electron chi connectivity index (χ4n) is 3.23. The predicted molar refractivity (Wildman–Crippen MR) is 133 cm³/mol. The highest BCUT2D eigenvalue weighted by molar-refractivity contribution is 14.1. The smallest absolute Gasteiger partial charge is 0.269 e. The van der Waals surface area contributed by atoms with Crippen LogP contribution in [0.1, 0.15) is 17.0 Å². The second-order valence-corrected chi connectivity index (χ2v) is 8.18. The molecule has 0 fully saturated rings. The lowest BCUT2D eigenvalue weighted by Crippen LogP contribution is -2.00. The number of non-ortho nitro benzene ring substituents is 1. The molecule has 0 aliphatic carbocycles. The quantitative estimate of drug-likeness (QED) is 0.136. The van der Waals surface area contributed by atoms with Gasteiger partial charge in [-0.3, -0.25) is 10.1 Å². The van der Waals surface area contributed by atoms with Gasteiger partial charge in [0.15, 0.2) is 11.5 Å². The number of methoxy groups -OCH3 is 1. The summed E-state index contributed by atoms with van der Waals surface area (Å²) in [6.07, 6.45) is 1.74. The van der Waals surface area contributed by atoms with Crippen LogP contribution < -0.4 is 9.47 Å². The maximum Gasteiger partial charge on any atom is 0.269 e. The van der Waals surface area contributed by atoms with E-state index >= 15 is 0 Å². The highest BCUT2D eigenvalue weighted by Gasteiger charge is 2.14. The molecule has 0 saturated carbocycles. The number of nitriles is 1. The molecule has 0 saturated heterocycles. The molecule has 0 bridgehead atoms. The molecule has 0 unspecified atom stereocenters. The zero-order chi connectivity index (χ0) is 23.4. The SMILES string of the molecule is COc1cc(/C=C(\C#N)c2nc3ccccc3[nH]2)cc(I)c1OCc1ccc([N+](=O)[O-])cc1. The molecular formula is C24H17IN4O4. The van der Waals surface area contributed by atoms with E-state index in [9.17, 15) is 15.4 Å². The van der Waals surface area contributed by atoms with E-state index in [-0.39, 0.29) is 12.3 Å². The van der Waals surface area contributed by atoms with Gasteiger partial charge in [0.25, 0.3) is 5.69 Å². The highest BCUT2D eigenvalue weighted by Crippen LogP contribution is 2.35. The molecule has 4 aromatic rings. The van der Waals surface area contributed by atoms with E-state index < -0.39 is 4.92 Å². The number of nitro groups is 1. The number of allylic oxidation sites excluding steroid dienone is 1. The lowest BCUT2D eigenvalue weighted by atomic mass is 10.1. The van der Waals surface area contributed by atoms with E-state index in [2.05, 4.69) is 38.6 Å². The van der Waals surface area contributed by atoms with E-state index in [1.807, 2.05) is 30.3 Å². The zero-order valence-electron chi connectivity index (χ0n) is 17.4. The Morgan fingerprint density at radius 3 is 2.67 bits per heavy atom. The number of nitrogens with zero attached hydrogens (tertiary/aromatic N) is 3. The van der Waals surface area contributed by atoms with Gasteiger partial charge in [-0.1, -0.05) is 12.1 Å². The molecule has 1 heterocycles. The van der Waals surface area contributed by atoms with Crippen molar-refractivity contribution < 1.29 is 14.4 Å². The molecule has 9 heteroatoms. The summed E-state index contributed by atoms with van der Waals surface area (Å²) in [6.45, 7) is 0.224. The fourth-order valence-corrected chi connectivity index (χ4v) is 4.01. The third-order valence-electron chi connectivity index (χ3n) is 4.86. The van der Waals surface area contributed by atoms with Crippen LogP contribution in [-0.2, 0) is 6.61 Å². The third-order valence-corrected chi connectivity index (χ3v) is 5.66. The highest BCUT2D eigenvalue weighted by atomic mass is 127. The van der Waals surface area contributed by atoms with Crippen LogP contribution in [0.25, 0.3) is 22.7 Å². The second kappa shape index (κ2) is 9.70. The summed E-state index contributed by atoms with van der Waals surface area (Å²) in [4.78, 5) is 18.0. The maximum atomic E-state index is 10.8. The summed E-state index contributed by atoms with van der Waals surface area (Å²) in [6, 6.07) is 19.6. The van der Waals surface area contributed by atoms with Crippen molar-refractivity contribution in [1.82, 2.24) is 9.97 Å². The number of benzene rings is 3. The average Bonchev–Trinajstić information content (AvgIpc) is 3.26. The number of nitro benzene ring substituents is 1. The number of nitrogens with one attached hydrogen (secondary N) is 1. The normalized spacial score (nSPS) is 11.2. The topological polar surface area (TPSA) is 114 Å². The first kappa shape index (κ1) is 22.3. The zero-order valence-corrected chi connectivity index (χ0v) is 19.6. The lowest BCUT2D eigenvalue weighted by molar-refractivity contribution is -0.384. The van der Waals surface area contributed by atoms with Gasteiger partial charge < -0.3 is 14.5 Å². The summed E-state index contributed by atoms with van der Waals surface area (Å²) in [7, 11) is 1.54. The summed E-state index contributed by atoms with van der Waals surface area (Å²) in [5, 5.41) is 20.5. The predicted octanol–water partition coefficient (Wildman–Crippen LogP) is 5.73. The number of halogens is 1. The minimum absolute atomic E-state index is 0.0276. The van der Waals surface area contributed by atoms with Crippen LogP contribution in [0.3, 0.4) is 0 Å². The standard InChI is InChI=1S/C24H17IN4O4/c1-32-22-12-16(10-17(13-26)24-27-20-4-2-3-5-21(20)28-24)11-19(25)23(22)33-14-15-6-8-18(9-7-15)29(30)31/h2-12H,14H2,1H3,(H,27,28)/b17-10+. The van der Waals surface area contributed by atoms with Gasteiger partial charge in [0.05, 0.1) is 32.2 Å². The van der Waals surface area contributed by atoms with Gasteiger partial charge in [0, 0.05) is 12.1 Å². The Morgan fingerprint density at radius 1 is 1.24 bits per heavy atom. The third kappa shape index (κ3) is 4.96. The molecule has 0 aliphatic rings. The average molecular weight is 552 g/mol. The number of rotatable bonds is 7. The molecule has 0 aliphatic heterocycles. The molecule has 33 heavy (non-hydrogen) atoms. The van der Waals surface area contributed by atoms with E-state index in [0.717, 1.165) is 25.7 Å². The molecule has 4 rings (SSSR count). The number of hydrogen-bond acceptors (Lipinski definition) is 6. The Hall–Kier alpha value is -3.91. The van der Waals surface area contributed by atoms with Crippen molar-refractivity contribution >= 4 is 51.0 Å². The summed E-state index contributed by atoms with van der Waals surface area (Å²) in [5.41, 5.74) is 3.62. The van der Waals surface area contributed by atoms with Crippen LogP contribution in [0.4, 0.5) is 5.69 Å². The molecule has 0 amide bonds. The van der Waals surface area contributed by atoms with Gasteiger partial charge in [0.2, 0.25) is 0 Å². The second-order valence-electron chi connectivity index (χ2n) is 7.02. The molecule has 0 atom stereocenters. The molecular weight excluding hydrogens is 535 g/mol. The monoisotopic (exact) mass is 552 g/mol. The molecule has 1 aromatic heterocycles. The summed E-state index contributed by atoms with van der Waals surface area (Å²) in [5.74, 6) is 1.55. The first-order valence-corrected chi connectivity index (χ1v) is 10.9. The molecule has 0 spiro atoms. The number of hydrogen-bond donors (Lipinski definition) is 1. The van der Waals surface area contributed by atoms with Gasteiger partial charge in [-0.2, -0.15) is 5.26 Å². The summed E-state index contributed by atoms with van der Waals surface area (Å²) < 4.78 is 12.3. The van der Waals surface area contributed by atoms with Crippen molar-refractivity contribution in [1.29, 1.82) is 5.26 Å². The van der Waals surface area contributed by atoms with Crippen LogP contribution in [0.5, 0.6) is 11.5 Å². The molecule has 3 aromatic carbocycles. The first-order valence-electron chi connectivity index (χ1n) is 9.79. The number of ether oxygens (including phenoxy) is 2. The maximum absolute atomic E-state index is 10.8. The van der Waals surface area contributed by atoms with Crippen molar-refractivity contribution in [2.75, 3.05) is 7.11 Å². The molecule has 1 N–H and O–H groups in total. The molecule has 0 radical (unpaired) electrons. The van der Waals surface area contributed by atoms with E-state index in [1.165, 1.54) is 12.1 Å². The van der Waals surface area contributed by atoms with Crippen LogP contribution >= 0.6 is 22.6 Å². The van der Waals surface area contributed by atoms with Gasteiger partial charge in [-0.05, 0) is 76.2 Å². The number of fused-ring (bicyclic) bond motifs is 1. The Morgan fingerprint density at radius 2 is 2.00 bits per heavy atom. The minimum atomic E-state index is -0.441. The number of H-pyrrole nitrogens is 1. The van der Waals surface area contributed by atoms with Gasteiger partial charge in [0.1, 0.15) is 18.5 Å². The van der Waals surface area contributed by atoms with Gasteiger partial charge in [-0.25, -0.2) is 4.98 Å². The number of para-hydroxylation sites is 2. The van der Waals surface area contributed by atoms with Crippen LogP contribution in [0, 0.1) is 25.0 Å². The summed E-state index contributed by atoms with van der Waals surface area (Å²) >= 11 is 2.15. The lowest BCUT2D eigenvalue weighted by Gasteiger charge is -2.14. The Balaban J connectivity index is 1.59. The molecule has 8 nitrogen and oxygen atoms in total. The van der Waals surface area contributed by atoms with Gasteiger partial charge in [-0.15, -0.1) is 0 Å². The van der Waals surface area contributed by atoms with Crippen molar-refractivity contribution in [2.45, 2.75) is 6.61 Å². The Labute approximate surface area is 202 Å². The first-order chi connectivity index (χ1) is 16.0. The number of aromatic nitrogens is 2. The van der Waals surface area contributed by atoms with Crippen molar-refractivity contribution in [3.05, 3.63) is 91.3 Å². The van der Waals surface area contributed by atoms with Gasteiger partial charge >= 0.3 is 0 Å². The largest absolute Gasteiger partial charge is 0.493 e. The number of imidazole rings is 1. The Kier molecular flexibility index (Phi) is 6.55. The van der Waals surface area contributed by atoms with Crippen molar-refractivity contribution in [2.24, 2.45) is 0 Å². The fraction of sp³-hybridized carbons (Fsp3) is 0.0833. The number of aromatic amines is 1. The molecule has 164 valence electrons. The van der Waals surface area contributed by atoms with Crippen LogP contribution in [-0.4, -0.2) is 22.0 Å².